The molecule has 0 bridgehead atoms. The van der Waals surface area contributed by atoms with Crippen LogP contribution in [0.1, 0.15) is 17.4 Å². The highest BCUT2D eigenvalue weighted by molar-refractivity contribution is 9.10. The van der Waals surface area contributed by atoms with Crippen LogP contribution in [0, 0.1) is 5.82 Å². The van der Waals surface area contributed by atoms with Crippen LogP contribution in [0.25, 0.3) is 10.8 Å². The topological polar surface area (TPSA) is 33.1 Å². The Kier molecular flexibility index (Phi) is 3.51. The van der Waals surface area contributed by atoms with Gasteiger partial charge in [-0.1, -0.05) is 40.2 Å². The first-order chi connectivity index (χ1) is 9.66. The lowest BCUT2D eigenvalue weighted by Crippen LogP contribution is -2.05. The van der Waals surface area contributed by atoms with Crippen molar-refractivity contribution in [2.45, 2.75) is 6.10 Å². The minimum Gasteiger partial charge on any atom is -0.382 e. The van der Waals surface area contributed by atoms with Crippen molar-refractivity contribution in [3.05, 3.63) is 76.3 Å². The minimum atomic E-state index is -1.10. The van der Waals surface area contributed by atoms with Crippen LogP contribution in [0.3, 0.4) is 0 Å². The summed E-state index contributed by atoms with van der Waals surface area (Å²) >= 11 is 3.29. The first-order valence-electron chi connectivity index (χ1n) is 6.13. The highest BCUT2D eigenvalue weighted by Gasteiger charge is 2.18. The smallest absolute Gasteiger partial charge is 0.129 e. The van der Waals surface area contributed by atoms with Gasteiger partial charge in [0.15, 0.2) is 0 Å². The fourth-order valence-electron chi connectivity index (χ4n) is 2.23. The number of benzene rings is 2. The lowest BCUT2D eigenvalue weighted by atomic mass is 10.0. The third kappa shape index (κ3) is 2.32. The highest BCUT2D eigenvalue weighted by Crippen LogP contribution is 2.30. The molecule has 0 saturated heterocycles. The molecule has 1 unspecified atom stereocenters. The maximum absolute atomic E-state index is 13.9. The van der Waals surface area contributed by atoms with Gasteiger partial charge in [0, 0.05) is 21.6 Å². The Labute approximate surface area is 124 Å². The van der Waals surface area contributed by atoms with E-state index in [-0.39, 0.29) is 5.56 Å². The summed E-state index contributed by atoms with van der Waals surface area (Å²) in [6, 6.07) is 14.0. The normalized spacial score (nSPS) is 12.6. The van der Waals surface area contributed by atoms with Crippen molar-refractivity contribution >= 4 is 26.7 Å². The van der Waals surface area contributed by atoms with E-state index in [2.05, 4.69) is 20.9 Å². The average molecular weight is 332 g/mol. The van der Waals surface area contributed by atoms with Crippen molar-refractivity contribution in [1.82, 2.24) is 4.98 Å². The van der Waals surface area contributed by atoms with Crippen molar-refractivity contribution in [3.63, 3.8) is 0 Å². The van der Waals surface area contributed by atoms with Gasteiger partial charge in [-0.3, -0.25) is 4.98 Å². The third-order valence-electron chi connectivity index (χ3n) is 3.22. The molecule has 2 aromatic carbocycles. The number of aromatic nitrogens is 1. The quantitative estimate of drug-likeness (QED) is 0.762. The number of halogens is 2. The summed E-state index contributed by atoms with van der Waals surface area (Å²) in [7, 11) is 0. The van der Waals surface area contributed by atoms with Gasteiger partial charge in [0.25, 0.3) is 0 Å². The Morgan fingerprint density at radius 2 is 1.90 bits per heavy atom. The summed E-state index contributed by atoms with van der Waals surface area (Å²) in [6.07, 6.45) is 0.523. The molecule has 0 aliphatic carbocycles. The number of aliphatic hydroxyl groups is 1. The summed E-state index contributed by atoms with van der Waals surface area (Å²) in [4.78, 5) is 4.22. The first-order valence-corrected chi connectivity index (χ1v) is 6.93. The van der Waals surface area contributed by atoms with Crippen LogP contribution in [0.15, 0.2) is 59.2 Å². The predicted molar refractivity (Wildman–Crippen MR) is 79.9 cm³/mol. The molecule has 4 heteroatoms. The van der Waals surface area contributed by atoms with Crippen LogP contribution in [0.4, 0.5) is 4.39 Å². The molecule has 0 aliphatic heterocycles. The Morgan fingerprint density at radius 3 is 2.75 bits per heavy atom. The molecule has 3 rings (SSSR count). The van der Waals surface area contributed by atoms with Gasteiger partial charge in [-0.2, -0.15) is 0 Å². The van der Waals surface area contributed by atoms with Crippen molar-refractivity contribution in [3.8, 4) is 0 Å². The van der Waals surface area contributed by atoms with Crippen LogP contribution < -0.4 is 0 Å². The maximum atomic E-state index is 13.9. The molecule has 100 valence electrons. The number of pyridine rings is 1. The molecule has 2 nitrogen and oxygen atoms in total. The molecule has 0 fully saturated rings. The zero-order chi connectivity index (χ0) is 14.1. The van der Waals surface area contributed by atoms with Crippen LogP contribution in [0.2, 0.25) is 0 Å². The van der Waals surface area contributed by atoms with Crippen LogP contribution in [0.5, 0.6) is 0 Å². The minimum absolute atomic E-state index is 0.211. The molecule has 3 aromatic rings. The Hall–Kier alpha value is -1.78. The van der Waals surface area contributed by atoms with E-state index in [1.165, 1.54) is 6.07 Å². The molecular formula is C16H11BrFNO. The number of fused-ring (bicyclic) bond motifs is 1. The lowest BCUT2D eigenvalue weighted by molar-refractivity contribution is 0.211. The number of aliphatic hydroxyl groups excluding tert-OH is 1. The maximum Gasteiger partial charge on any atom is 0.129 e. The molecule has 0 aliphatic rings. The van der Waals surface area contributed by atoms with Gasteiger partial charge >= 0.3 is 0 Å². The van der Waals surface area contributed by atoms with Crippen molar-refractivity contribution in [1.29, 1.82) is 0 Å². The Balaban J connectivity index is 2.17. The fraction of sp³-hybridized carbons (Fsp3) is 0.0625. The van der Waals surface area contributed by atoms with E-state index < -0.39 is 11.9 Å². The second kappa shape index (κ2) is 5.31. The molecule has 1 heterocycles. The van der Waals surface area contributed by atoms with Gasteiger partial charge in [0.05, 0.1) is 5.69 Å². The van der Waals surface area contributed by atoms with E-state index in [1.807, 2.05) is 30.3 Å². The molecule has 0 radical (unpaired) electrons. The monoisotopic (exact) mass is 331 g/mol. The van der Waals surface area contributed by atoms with E-state index >= 15 is 0 Å². The summed E-state index contributed by atoms with van der Waals surface area (Å²) in [6.45, 7) is 0. The molecule has 1 N–H and O–H groups in total. The molecule has 20 heavy (non-hydrogen) atoms. The van der Waals surface area contributed by atoms with E-state index in [0.717, 1.165) is 10.8 Å². The zero-order valence-electron chi connectivity index (χ0n) is 10.4. The molecule has 1 aromatic heterocycles. The van der Waals surface area contributed by atoms with Gasteiger partial charge in [0.1, 0.15) is 11.9 Å². The Bertz CT molecular complexity index is 770. The van der Waals surface area contributed by atoms with E-state index in [0.29, 0.717) is 10.2 Å². The van der Waals surface area contributed by atoms with Crippen molar-refractivity contribution in [2.75, 3.05) is 0 Å². The third-order valence-corrected chi connectivity index (χ3v) is 3.71. The standard InChI is InChI=1S/C16H11BrFNO/c17-11-5-6-14(18)13(9-11)16(20)15-12-4-2-1-3-10(12)7-8-19-15/h1-9,16,20H. The first kappa shape index (κ1) is 13.2. The summed E-state index contributed by atoms with van der Waals surface area (Å²) in [5, 5.41) is 12.3. The van der Waals surface area contributed by atoms with E-state index in [1.54, 1.807) is 18.3 Å². The zero-order valence-corrected chi connectivity index (χ0v) is 12.0. The molecular weight excluding hydrogens is 321 g/mol. The SMILES string of the molecule is OC(c1cc(Br)ccc1F)c1nccc2ccccc12. The molecule has 0 spiro atoms. The van der Waals surface area contributed by atoms with Gasteiger partial charge in [-0.25, -0.2) is 4.39 Å². The number of hydrogen-bond donors (Lipinski definition) is 1. The van der Waals surface area contributed by atoms with Gasteiger partial charge in [0.2, 0.25) is 0 Å². The summed E-state index contributed by atoms with van der Waals surface area (Å²) < 4.78 is 14.6. The van der Waals surface area contributed by atoms with Gasteiger partial charge in [-0.05, 0) is 29.7 Å². The van der Waals surface area contributed by atoms with Gasteiger partial charge in [-0.15, -0.1) is 0 Å². The van der Waals surface area contributed by atoms with Crippen LogP contribution in [-0.4, -0.2) is 10.1 Å². The highest BCUT2D eigenvalue weighted by atomic mass is 79.9. The largest absolute Gasteiger partial charge is 0.382 e. The molecule has 1 atom stereocenters. The van der Waals surface area contributed by atoms with E-state index in [4.69, 9.17) is 0 Å². The predicted octanol–water partition coefficient (Wildman–Crippen LogP) is 4.22. The van der Waals surface area contributed by atoms with Crippen molar-refractivity contribution < 1.29 is 9.50 Å². The Morgan fingerprint density at radius 1 is 1.10 bits per heavy atom. The van der Waals surface area contributed by atoms with Gasteiger partial charge < -0.3 is 5.11 Å². The lowest BCUT2D eigenvalue weighted by Gasteiger charge is -2.14. The van der Waals surface area contributed by atoms with Crippen LogP contribution in [-0.2, 0) is 0 Å². The van der Waals surface area contributed by atoms with Crippen LogP contribution >= 0.6 is 15.9 Å². The summed E-state index contributed by atoms with van der Waals surface area (Å²) in [5.41, 5.74) is 0.670. The van der Waals surface area contributed by atoms with Crippen molar-refractivity contribution in [2.24, 2.45) is 0 Å². The average Bonchev–Trinajstić information content (AvgIpc) is 2.48. The number of rotatable bonds is 2. The molecule has 0 amide bonds. The molecule has 0 saturated carbocycles. The number of hydrogen-bond acceptors (Lipinski definition) is 2. The fourth-order valence-corrected chi connectivity index (χ4v) is 2.61. The van der Waals surface area contributed by atoms with E-state index in [9.17, 15) is 9.50 Å². The summed E-state index contributed by atoms with van der Waals surface area (Å²) in [5.74, 6) is -0.449. The second-order valence-electron chi connectivity index (χ2n) is 4.49. The second-order valence-corrected chi connectivity index (χ2v) is 5.40. The number of nitrogens with zero attached hydrogens (tertiary/aromatic N) is 1.